The number of hydrogen-bond acceptors (Lipinski definition) is 5. The largest absolute Gasteiger partial charge is 0.494 e. The lowest BCUT2D eigenvalue weighted by Crippen LogP contribution is -2.22. The first-order chi connectivity index (χ1) is 14.9. The molecule has 0 aliphatic heterocycles. The minimum Gasteiger partial charge on any atom is -0.494 e. The molecule has 0 saturated heterocycles. The van der Waals surface area contributed by atoms with Crippen LogP contribution in [-0.4, -0.2) is 35.3 Å². The first kappa shape index (κ1) is 20.5. The van der Waals surface area contributed by atoms with Gasteiger partial charge in [0, 0.05) is 17.5 Å². The monoisotopic (exact) mass is 413 g/mol. The molecule has 0 N–H and O–H groups in total. The van der Waals surface area contributed by atoms with Crippen molar-refractivity contribution in [3.63, 3.8) is 0 Å². The molecule has 2 radical (unpaired) electrons. The van der Waals surface area contributed by atoms with Crippen molar-refractivity contribution in [1.82, 2.24) is 14.5 Å². The van der Waals surface area contributed by atoms with Gasteiger partial charge in [-0.25, -0.2) is 9.37 Å². The molecule has 4 rings (SSSR count). The third-order valence-electron chi connectivity index (χ3n) is 4.89. The van der Waals surface area contributed by atoms with E-state index in [0.29, 0.717) is 22.5 Å². The van der Waals surface area contributed by atoms with Crippen LogP contribution >= 0.6 is 0 Å². The van der Waals surface area contributed by atoms with E-state index in [4.69, 9.17) is 12.6 Å². The maximum absolute atomic E-state index is 14.1. The highest BCUT2D eigenvalue weighted by molar-refractivity contribution is 6.30. The Morgan fingerprint density at radius 3 is 2.68 bits per heavy atom. The molecule has 4 aromatic rings. The number of ketones is 1. The maximum atomic E-state index is 14.1. The van der Waals surface area contributed by atoms with E-state index in [1.165, 1.54) is 25.4 Å². The Morgan fingerprint density at radius 2 is 1.97 bits per heavy atom. The number of aromatic nitrogens is 3. The highest BCUT2D eigenvalue weighted by Crippen LogP contribution is 2.20. The zero-order valence-corrected chi connectivity index (χ0v) is 16.9. The quantitative estimate of drug-likeness (QED) is 0.371. The predicted molar refractivity (Wildman–Crippen MR) is 116 cm³/mol. The topological polar surface area (TPSA) is 74.1 Å². The summed E-state index contributed by atoms with van der Waals surface area (Å²) in [7, 11) is 7.11. The molecule has 0 unspecified atom stereocenters. The Kier molecular flexibility index (Phi) is 5.37. The lowest BCUT2D eigenvalue weighted by molar-refractivity contribution is 0.103. The van der Waals surface area contributed by atoms with Gasteiger partial charge < -0.3 is 9.30 Å². The number of pyridine rings is 3. The fourth-order valence-corrected chi connectivity index (χ4v) is 3.38. The molecule has 31 heavy (non-hydrogen) atoms. The number of hydrogen-bond donors (Lipinski definition) is 0. The maximum Gasteiger partial charge on any atom is 0.218 e. The standard InChI is InChI=1S/C23H17BFN3O3/c1-13-6-8-18-21(26-13)23(30)16(12-28(18)11-15-4-3-5-20(24)27-15)22(29)14-7-9-19(31-2)17(25)10-14/h3-10,12H,11H2,1-2H3. The van der Waals surface area contributed by atoms with E-state index in [0.717, 1.165) is 6.07 Å². The molecular formula is C23H17BFN3O3. The van der Waals surface area contributed by atoms with Crippen LogP contribution in [0.1, 0.15) is 27.3 Å². The Hall–Kier alpha value is -3.81. The summed E-state index contributed by atoms with van der Waals surface area (Å²) in [6.45, 7) is 2.03. The third kappa shape index (κ3) is 3.96. The van der Waals surface area contributed by atoms with Crippen molar-refractivity contribution >= 4 is 30.3 Å². The summed E-state index contributed by atoms with van der Waals surface area (Å²) in [5.74, 6) is -1.28. The second-order valence-electron chi connectivity index (χ2n) is 7.05. The fourth-order valence-electron chi connectivity index (χ4n) is 3.38. The molecule has 3 heterocycles. The number of halogens is 1. The highest BCUT2D eigenvalue weighted by atomic mass is 19.1. The van der Waals surface area contributed by atoms with Crippen LogP contribution in [0.5, 0.6) is 5.75 Å². The third-order valence-corrected chi connectivity index (χ3v) is 4.89. The van der Waals surface area contributed by atoms with Crippen LogP contribution in [0.15, 0.2) is 59.5 Å². The van der Waals surface area contributed by atoms with Crippen molar-refractivity contribution in [1.29, 1.82) is 0 Å². The summed E-state index contributed by atoms with van der Waals surface area (Å²) in [6.07, 6.45) is 1.46. The molecule has 0 atom stereocenters. The van der Waals surface area contributed by atoms with Crippen molar-refractivity contribution in [2.24, 2.45) is 0 Å². The second-order valence-corrected chi connectivity index (χ2v) is 7.05. The van der Waals surface area contributed by atoms with Gasteiger partial charge >= 0.3 is 0 Å². The zero-order chi connectivity index (χ0) is 22.1. The van der Waals surface area contributed by atoms with E-state index >= 15 is 0 Å². The molecule has 8 heteroatoms. The molecule has 6 nitrogen and oxygen atoms in total. The molecule has 0 amide bonds. The van der Waals surface area contributed by atoms with Gasteiger partial charge in [-0.15, -0.1) is 0 Å². The minimum atomic E-state index is -0.688. The molecule has 152 valence electrons. The number of methoxy groups -OCH3 is 1. The van der Waals surface area contributed by atoms with Gasteiger partial charge in [0.15, 0.2) is 17.3 Å². The SMILES string of the molecule is [B]c1cccc(Cn2cc(C(=O)c3ccc(OC)c(F)c3)c(=O)c3nc(C)ccc32)n1. The molecule has 3 aromatic heterocycles. The number of benzene rings is 1. The zero-order valence-electron chi connectivity index (χ0n) is 16.9. The van der Waals surface area contributed by atoms with Crippen molar-refractivity contribution in [3.05, 3.63) is 93.3 Å². The van der Waals surface area contributed by atoms with Crippen LogP contribution in [-0.2, 0) is 6.54 Å². The number of rotatable bonds is 5. The van der Waals surface area contributed by atoms with E-state index in [1.807, 2.05) is 0 Å². The van der Waals surface area contributed by atoms with Gasteiger partial charge in [-0.3, -0.25) is 14.6 Å². The van der Waals surface area contributed by atoms with E-state index in [1.54, 1.807) is 41.8 Å². The smallest absolute Gasteiger partial charge is 0.218 e. The van der Waals surface area contributed by atoms with Crippen LogP contribution in [0.4, 0.5) is 4.39 Å². The number of carbonyl (C=O) groups excluding carboxylic acids is 1. The van der Waals surface area contributed by atoms with Gasteiger partial charge in [-0.05, 0) is 48.9 Å². The Labute approximate surface area is 178 Å². The van der Waals surface area contributed by atoms with E-state index in [-0.39, 0.29) is 28.9 Å². The van der Waals surface area contributed by atoms with Crippen molar-refractivity contribution < 1.29 is 13.9 Å². The van der Waals surface area contributed by atoms with Gasteiger partial charge in [-0.1, -0.05) is 12.1 Å². The average Bonchev–Trinajstić information content (AvgIpc) is 2.75. The molecule has 0 saturated carbocycles. The first-order valence-corrected chi connectivity index (χ1v) is 9.48. The van der Waals surface area contributed by atoms with Crippen LogP contribution in [0.2, 0.25) is 0 Å². The Morgan fingerprint density at radius 1 is 1.16 bits per heavy atom. The van der Waals surface area contributed by atoms with Crippen molar-refractivity contribution in [2.45, 2.75) is 13.5 Å². The molecule has 0 bridgehead atoms. The fraction of sp³-hybridized carbons (Fsp3) is 0.130. The van der Waals surface area contributed by atoms with E-state index in [9.17, 15) is 14.0 Å². The summed E-state index contributed by atoms with van der Waals surface area (Å²) >= 11 is 0. The molecule has 0 aliphatic carbocycles. The number of ether oxygens (including phenoxy) is 1. The van der Waals surface area contributed by atoms with E-state index < -0.39 is 17.0 Å². The van der Waals surface area contributed by atoms with Crippen LogP contribution in [0.25, 0.3) is 11.0 Å². The van der Waals surface area contributed by atoms with Gasteiger partial charge in [0.2, 0.25) is 5.43 Å². The van der Waals surface area contributed by atoms with Crippen LogP contribution in [0, 0.1) is 12.7 Å². The first-order valence-electron chi connectivity index (χ1n) is 9.48. The van der Waals surface area contributed by atoms with Gasteiger partial charge in [0.25, 0.3) is 0 Å². The normalized spacial score (nSPS) is 10.9. The summed E-state index contributed by atoms with van der Waals surface area (Å²) in [5, 5.41) is 0. The number of nitrogens with zero attached hydrogens (tertiary/aromatic N) is 3. The molecule has 0 spiro atoms. The number of carbonyl (C=O) groups is 1. The van der Waals surface area contributed by atoms with Crippen LogP contribution < -0.4 is 15.8 Å². The van der Waals surface area contributed by atoms with E-state index in [2.05, 4.69) is 9.97 Å². The minimum absolute atomic E-state index is 0.0116. The van der Waals surface area contributed by atoms with Gasteiger partial charge in [0.1, 0.15) is 13.4 Å². The summed E-state index contributed by atoms with van der Waals surface area (Å²) in [5.41, 5.74) is 1.77. The van der Waals surface area contributed by atoms with Crippen molar-refractivity contribution in [3.8, 4) is 5.75 Å². The van der Waals surface area contributed by atoms with Crippen LogP contribution in [0.3, 0.4) is 0 Å². The number of fused-ring (bicyclic) bond motifs is 1. The lowest BCUT2D eigenvalue weighted by Gasteiger charge is -2.13. The average molecular weight is 413 g/mol. The Bertz CT molecular complexity index is 1380. The molecule has 0 aliphatic rings. The summed E-state index contributed by atoms with van der Waals surface area (Å²) in [6, 6.07) is 12.6. The van der Waals surface area contributed by atoms with Gasteiger partial charge in [-0.2, -0.15) is 0 Å². The Balaban J connectivity index is 1.89. The lowest BCUT2D eigenvalue weighted by atomic mass is 10.0. The summed E-state index contributed by atoms with van der Waals surface area (Å²) < 4.78 is 20.8. The van der Waals surface area contributed by atoms with Gasteiger partial charge in [0.05, 0.1) is 30.4 Å². The second kappa shape index (κ2) is 8.14. The summed E-state index contributed by atoms with van der Waals surface area (Å²) in [4.78, 5) is 34.9. The molecule has 0 fully saturated rings. The van der Waals surface area contributed by atoms with Crippen molar-refractivity contribution in [2.75, 3.05) is 7.11 Å². The highest BCUT2D eigenvalue weighted by Gasteiger charge is 2.20. The molecular weight excluding hydrogens is 396 g/mol. The predicted octanol–water partition coefficient (Wildman–Crippen LogP) is 2.32. The molecule has 1 aromatic carbocycles. The number of aryl methyl sites for hydroxylation is 1.